The lowest BCUT2D eigenvalue weighted by Gasteiger charge is -2.15. The van der Waals surface area contributed by atoms with Crippen LogP contribution in [-0.2, 0) is 19.5 Å². The highest BCUT2D eigenvalue weighted by Gasteiger charge is 2.11. The van der Waals surface area contributed by atoms with Gasteiger partial charge in [-0.3, -0.25) is 0 Å². The molecule has 1 aromatic carbocycles. The fraction of sp³-hybridized carbons (Fsp3) is 0.375. The Balaban J connectivity index is 1.73. The first-order valence-electron chi connectivity index (χ1n) is 7.48. The summed E-state index contributed by atoms with van der Waals surface area (Å²) in [4.78, 5) is 14.2. The molecule has 1 N–H and O–H groups in total. The second kappa shape index (κ2) is 6.50. The Bertz CT molecular complexity index is 747. The van der Waals surface area contributed by atoms with Crippen LogP contribution in [0.25, 0.3) is 11.0 Å². The molecule has 2 aromatic heterocycles. The molecule has 0 aliphatic rings. The van der Waals surface area contributed by atoms with E-state index in [0.29, 0.717) is 0 Å². The van der Waals surface area contributed by atoms with Gasteiger partial charge in [0.1, 0.15) is 5.82 Å². The smallest absolute Gasteiger partial charge is 0.111 e. The van der Waals surface area contributed by atoms with E-state index >= 15 is 0 Å². The average Bonchev–Trinajstić information content (AvgIpc) is 3.11. The Morgan fingerprint density at radius 2 is 2.23 bits per heavy atom. The summed E-state index contributed by atoms with van der Waals surface area (Å²) in [6, 6.07) is 5.90. The van der Waals surface area contributed by atoms with Crippen molar-refractivity contribution in [2.75, 3.05) is 13.6 Å². The van der Waals surface area contributed by atoms with Gasteiger partial charge in [0.25, 0.3) is 0 Å². The molecule has 0 fully saturated rings. The number of hydrogen-bond donors (Lipinski definition) is 1. The van der Waals surface area contributed by atoms with E-state index < -0.39 is 0 Å². The zero-order chi connectivity index (χ0) is 15.5. The molecule has 3 rings (SSSR count). The van der Waals surface area contributed by atoms with Crippen molar-refractivity contribution >= 4 is 22.6 Å². The molecular formula is C16H20ClN5. The fourth-order valence-electron chi connectivity index (χ4n) is 2.73. The summed E-state index contributed by atoms with van der Waals surface area (Å²) in [5, 5.41) is 0.733. The highest BCUT2D eigenvalue weighted by atomic mass is 35.5. The third-order valence-electron chi connectivity index (χ3n) is 3.82. The summed E-state index contributed by atoms with van der Waals surface area (Å²) in [6.45, 7) is 4.86. The van der Waals surface area contributed by atoms with E-state index in [0.717, 1.165) is 53.6 Å². The van der Waals surface area contributed by atoms with Gasteiger partial charge in [-0.2, -0.15) is 0 Å². The molecule has 22 heavy (non-hydrogen) atoms. The Kier molecular flexibility index (Phi) is 4.45. The van der Waals surface area contributed by atoms with E-state index in [1.54, 1.807) is 6.33 Å². The summed E-state index contributed by atoms with van der Waals surface area (Å²) < 4.78 is 2.26. The fourth-order valence-corrected chi connectivity index (χ4v) is 2.89. The van der Waals surface area contributed by atoms with E-state index in [1.807, 2.05) is 24.4 Å². The molecule has 5 nitrogen and oxygen atoms in total. The number of fused-ring (bicyclic) bond motifs is 1. The highest BCUT2D eigenvalue weighted by molar-refractivity contribution is 6.31. The zero-order valence-electron chi connectivity index (χ0n) is 12.9. The number of aromatic nitrogens is 4. The topological polar surface area (TPSA) is 49.7 Å². The van der Waals surface area contributed by atoms with Crippen molar-refractivity contribution in [1.82, 2.24) is 24.4 Å². The van der Waals surface area contributed by atoms with Crippen LogP contribution < -0.4 is 0 Å². The van der Waals surface area contributed by atoms with Gasteiger partial charge >= 0.3 is 0 Å². The number of hydrogen-bond acceptors (Lipinski definition) is 3. The predicted octanol–water partition coefficient (Wildman–Crippen LogP) is 3.11. The quantitative estimate of drug-likeness (QED) is 0.760. The van der Waals surface area contributed by atoms with Crippen LogP contribution in [0.1, 0.15) is 18.4 Å². The molecule has 0 amide bonds. The molecule has 3 aromatic rings. The van der Waals surface area contributed by atoms with Gasteiger partial charge in [0, 0.05) is 43.0 Å². The van der Waals surface area contributed by atoms with Crippen LogP contribution in [0.5, 0.6) is 0 Å². The van der Waals surface area contributed by atoms with E-state index in [2.05, 4.69) is 33.4 Å². The van der Waals surface area contributed by atoms with Gasteiger partial charge in [-0.05, 0) is 32.2 Å². The summed E-state index contributed by atoms with van der Waals surface area (Å²) in [5.74, 6) is 1.11. The van der Waals surface area contributed by atoms with Gasteiger partial charge in [0.2, 0.25) is 0 Å². The molecule has 0 saturated carbocycles. The lowest BCUT2D eigenvalue weighted by atomic mass is 10.3. The first-order valence-corrected chi connectivity index (χ1v) is 7.85. The van der Waals surface area contributed by atoms with Crippen LogP contribution in [0.2, 0.25) is 5.02 Å². The van der Waals surface area contributed by atoms with Crippen LogP contribution in [0.15, 0.2) is 30.7 Å². The highest BCUT2D eigenvalue weighted by Crippen LogP contribution is 2.21. The second-order valence-corrected chi connectivity index (χ2v) is 5.91. The van der Waals surface area contributed by atoms with Crippen molar-refractivity contribution in [3.63, 3.8) is 0 Å². The van der Waals surface area contributed by atoms with Gasteiger partial charge in [0.15, 0.2) is 0 Å². The lowest BCUT2D eigenvalue weighted by molar-refractivity contribution is 0.324. The largest absolute Gasteiger partial charge is 0.347 e. The predicted molar refractivity (Wildman–Crippen MR) is 89.0 cm³/mol. The van der Waals surface area contributed by atoms with Crippen molar-refractivity contribution in [3.8, 4) is 0 Å². The maximum atomic E-state index is 6.06. The number of likely N-dealkylation sites (N-methyl/N-ethyl adjacent to an activating group) is 1. The Morgan fingerprint density at radius 1 is 1.36 bits per heavy atom. The van der Waals surface area contributed by atoms with E-state index in [9.17, 15) is 0 Å². The molecule has 0 spiro atoms. The van der Waals surface area contributed by atoms with Crippen molar-refractivity contribution in [1.29, 1.82) is 0 Å². The Labute approximate surface area is 134 Å². The molecule has 0 aliphatic carbocycles. The number of aromatic amines is 1. The standard InChI is InChI=1S/C16H20ClN5/c1-3-22-15-5-4-12(17)8-14(15)20-16(22)6-7-21(2)10-13-9-18-11-19-13/h4-5,8-9,11H,3,6-7,10H2,1-2H3,(H,18,19). The van der Waals surface area contributed by atoms with Gasteiger partial charge in [-0.1, -0.05) is 11.6 Å². The minimum atomic E-state index is 0.733. The maximum Gasteiger partial charge on any atom is 0.111 e. The van der Waals surface area contributed by atoms with Crippen LogP contribution in [0, 0.1) is 0 Å². The molecule has 0 radical (unpaired) electrons. The number of rotatable bonds is 6. The summed E-state index contributed by atoms with van der Waals surface area (Å²) in [6.07, 6.45) is 4.48. The number of H-pyrrole nitrogens is 1. The van der Waals surface area contributed by atoms with E-state index in [-0.39, 0.29) is 0 Å². The summed E-state index contributed by atoms with van der Waals surface area (Å²) >= 11 is 6.06. The van der Waals surface area contributed by atoms with Crippen LogP contribution >= 0.6 is 11.6 Å². The molecule has 116 valence electrons. The van der Waals surface area contributed by atoms with Crippen molar-refractivity contribution in [3.05, 3.63) is 47.3 Å². The zero-order valence-corrected chi connectivity index (χ0v) is 13.6. The van der Waals surface area contributed by atoms with Gasteiger partial charge < -0.3 is 14.5 Å². The minimum Gasteiger partial charge on any atom is -0.347 e. The molecule has 0 saturated heterocycles. The van der Waals surface area contributed by atoms with Gasteiger partial charge in [0.05, 0.1) is 17.4 Å². The SMILES string of the molecule is CCn1c(CCN(C)Cc2cnc[nH]2)nc2cc(Cl)ccc21. The van der Waals surface area contributed by atoms with Crippen LogP contribution in [-0.4, -0.2) is 38.0 Å². The third kappa shape index (κ3) is 3.15. The number of aryl methyl sites for hydroxylation is 1. The molecule has 0 atom stereocenters. The Morgan fingerprint density at radius 3 is 2.95 bits per heavy atom. The molecule has 0 bridgehead atoms. The van der Waals surface area contributed by atoms with Crippen LogP contribution in [0.3, 0.4) is 0 Å². The molecule has 2 heterocycles. The van der Waals surface area contributed by atoms with Crippen molar-refractivity contribution in [2.24, 2.45) is 0 Å². The Hall–Kier alpha value is -1.85. The lowest BCUT2D eigenvalue weighted by Crippen LogP contribution is -2.22. The number of halogens is 1. The molecular weight excluding hydrogens is 298 g/mol. The third-order valence-corrected chi connectivity index (χ3v) is 4.05. The maximum absolute atomic E-state index is 6.06. The summed E-state index contributed by atoms with van der Waals surface area (Å²) in [7, 11) is 2.11. The van der Waals surface area contributed by atoms with Crippen LogP contribution in [0.4, 0.5) is 0 Å². The average molecular weight is 318 g/mol. The molecule has 0 unspecified atom stereocenters. The van der Waals surface area contributed by atoms with Crippen molar-refractivity contribution < 1.29 is 0 Å². The monoisotopic (exact) mass is 317 g/mol. The molecule has 6 heteroatoms. The van der Waals surface area contributed by atoms with Gasteiger partial charge in [-0.25, -0.2) is 9.97 Å². The van der Waals surface area contributed by atoms with E-state index in [1.165, 1.54) is 0 Å². The summed E-state index contributed by atoms with van der Waals surface area (Å²) in [5.41, 5.74) is 3.25. The number of nitrogens with one attached hydrogen (secondary N) is 1. The first kappa shape index (κ1) is 15.1. The molecule has 0 aliphatic heterocycles. The second-order valence-electron chi connectivity index (χ2n) is 5.47. The van der Waals surface area contributed by atoms with Gasteiger partial charge in [-0.15, -0.1) is 0 Å². The normalized spacial score (nSPS) is 11.6. The number of benzene rings is 1. The number of nitrogens with zero attached hydrogens (tertiary/aromatic N) is 4. The minimum absolute atomic E-state index is 0.733. The first-order chi connectivity index (χ1) is 10.7. The van der Waals surface area contributed by atoms with E-state index in [4.69, 9.17) is 16.6 Å². The van der Waals surface area contributed by atoms with Crippen molar-refractivity contribution in [2.45, 2.75) is 26.4 Å². The number of imidazole rings is 2.